The molecule has 0 spiro atoms. The van der Waals surface area contributed by atoms with Crippen LogP contribution in [0.2, 0.25) is 0 Å². The van der Waals surface area contributed by atoms with Crippen LogP contribution in [0.25, 0.3) is 0 Å². The third kappa shape index (κ3) is 46.6. The van der Waals surface area contributed by atoms with Crippen molar-refractivity contribution in [3.63, 3.8) is 0 Å². The van der Waals surface area contributed by atoms with E-state index in [1.54, 1.807) is 0 Å². The number of aliphatic hydroxyl groups excluding tert-OH is 3. The Balaban J connectivity index is -0.000000392. The van der Waals surface area contributed by atoms with Gasteiger partial charge in [-0.15, -0.1) is 0 Å². The van der Waals surface area contributed by atoms with Crippen LogP contribution in [0.5, 0.6) is 0 Å². The van der Waals surface area contributed by atoms with Crippen LogP contribution >= 0.6 is 0 Å². The van der Waals surface area contributed by atoms with Crippen molar-refractivity contribution in [1.82, 2.24) is 0 Å². The van der Waals surface area contributed by atoms with Crippen molar-refractivity contribution in [2.75, 3.05) is 13.2 Å². The van der Waals surface area contributed by atoms with Crippen LogP contribution in [0.3, 0.4) is 0 Å². The summed E-state index contributed by atoms with van der Waals surface area (Å²) in [5.74, 6) is -1.74. The fourth-order valence-corrected chi connectivity index (χ4v) is 2.33. The molecular weight excluding hydrogens is 376 g/mol. The summed E-state index contributed by atoms with van der Waals surface area (Å²) in [4.78, 5) is 19.8. The van der Waals surface area contributed by atoms with Crippen LogP contribution in [0, 0.1) is 0 Å². The van der Waals surface area contributed by atoms with E-state index < -0.39 is 18.0 Å². The van der Waals surface area contributed by atoms with Gasteiger partial charge >= 0.3 is 11.9 Å². The zero-order valence-electron chi connectivity index (χ0n) is 18.7. The minimum Gasteiger partial charge on any atom is -0.481 e. The molecule has 0 saturated heterocycles. The Bertz CT molecular complexity index is 305. The molecule has 0 rings (SSSR count). The van der Waals surface area contributed by atoms with E-state index in [-0.39, 0.29) is 19.4 Å². The number of rotatable bonds is 17. The van der Waals surface area contributed by atoms with Gasteiger partial charge in [-0.05, 0) is 26.2 Å². The summed E-state index contributed by atoms with van der Waals surface area (Å²) in [7, 11) is 0. The fourth-order valence-electron chi connectivity index (χ4n) is 2.33. The van der Waals surface area contributed by atoms with Crippen LogP contribution in [0.4, 0.5) is 0 Å². The molecule has 0 aromatic rings. The van der Waals surface area contributed by atoms with Gasteiger partial charge in [0.25, 0.3) is 0 Å². The summed E-state index contributed by atoms with van der Waals surface area (Å²) in [5.41, 5.74) is 0. The van der Waals surface area contributed by atoms with Crippen molar-refractivity contribution in [1.29, 1.82) is 0 Å². The number of hydrogen-bond acceptors (Lipinski definition) is 5. The van der Waals surface area contributed by atoms with Gasteiger partial charge in [0.15, 0.2) is 0 Å². The SMILES string of the molecule is CC(O)CO.CCCCCCCCCCCCCO.O=C(O)CCCCC(=O)O. The largest absolute Gasteiger partial charge is 0.481 e. The molecule has 0 amide bonds. The number of aliphatic hydroxyl groups is 3. The monoisotopic (exact) mass is 422 g/mol. The first-order valence-electron chi connectivity index (χ1n) is 11.1. The van der Waals surface area contributed by atoms with E-state index in [0.717, 1.165) is 6.42 Å². The summed E-state index contributed by atoms with van der Waals surface area (Å²) >= 11 is 0. The number of carbonyl (C=O) groups is 2. The number of carboxylic acids is 2. The summed E-state index contributed by atoms with van der Waals surface area (Å²) in [6, 6.07) is 0. The van der Waals surface area contributed by atoms with Gasteiger partial charge in [0.2, 0.25) is 0 Å². The Morgan fingerprint density at radius 3 is 1.21 bits per heavy atom. The number of aliphatic carboxylic acids is 2. The van der Waals surface area contributed by atoms with Crippen molar-refractivity contribution < 1.29 is 35.1 Å². The molecule has 0 aromatic carbocycles. The average molecular weight is 423 g/mol. The predicted octanol–water partition coefficient (Wildman–Crippen LogP) is 4.37. The molecule has 0 heterocycles. The van der Waals surface area contributed by atoms with Crippen LogP contribution in [0.15, 0.2) is 0 Å². The minimum atomic E-state index is -0.870. The smallest absolute Gasteiger partial charge is 0.303 e. The molecule has 176 valence electrons. The molecule has 0 bridgehead atoms. The second kappa shape index (κ2) is 29.0. The van der Waals surface area contributed by atoms with Crippen molar-refractivity contribution in [2.24, 2.45) is 0 Å². The molecule has 0 saturated carbocycles. The molecule has 0 aliphatic heterocycles. The van der Waals surface area contributed by atoms with Gasteiger partial charge in [-0.3, -0.25) is 9.59 Å². The second-order valence-corrected chi connectivity index (χ2v) is 7.29. The van der Waals surface area contributed by atoms with Gasteiger partial charge in [-0.1, -0.05) is 71.1 Å². The Labute approximate surface area is 177 Å². The van der Waals surface area contributed by atoms with Gasteiger partial charge in [-0.2, -0.15) is 0 Å². The van der Waals surface area contributed by atoms with Gasteiger partial charge in [0, 0.05) is 19.4 Å². The van der Waals surface area contributed by atoms with E-state index in [1.165, 1.54) is 71.1 Å². The molecule has 7 nitrogen and oxygen atoms in total. The summed E-state index contributed by atoms with van der Waals surface area (Å²) < 4.78 is 0. The highest BCUT2D eigenvalue weighted by atomic mass is 16.4. The molecule has 29 heavy (non-hydrogen) atoms. The molecule has 5 N–H and O–H groups in total. The lowest BCUT2D eigenvalue weighted by molar-refractivity contribution is -0.139. The molecule has 0 radical (unpaired) electrons. The maximum atomic E-state index is 9.90. The number of carboxylic acid groups (broad SMARTS) is 2. The van der Waals surface area contributed by atoms with E-state index in [1.807, 2.05) is 0 Å². The van der Waals surface area contributed by atoms with Gasteiger partial charge in [0.05, 0.1) is 12.7 Å². The van der Waals surface area contributed by atoms with E-state index in [2.05, 4.69) is 6.92 Å². The highest BCUT2D eigenvalue weighted by Gasteiger charge is 1.99. The first kappa shape index (κ1) is 32.5. The van der Waals surface area contributed by atoms with Crippen molar-refractivity contribution in [3.8, 4) is 0 Å². The Kier molecular flexibility index (Phi) is 32.5. The van der Waals surface area contributed by atoms with Gasteiger partial charge in [0.1, 0.15) is 0 Å². The topological polar surface area (TPSA) is 135 Å². The van der Waals surface area contributed by atoms with Crippen LogP contribution < -0.4 is 0 Å². The lowest BCUT2D eigenvalue weighted by Crippen LogP contribution is -2.03. The Morgan fingerprint density at radius 1 is 0.655 bits per heavy atom. The second-order valence-electron chi connectivity index (χ2n) is 7.29. The molecule has 0 aromatic heterocycles. The zero-order chi connectivity index (χ0) is 22.8. The molecular formula is C22H46O7. The number of hydrogen-bond donors (Lipinski definition) is 5. The molecule has 0 fully saturated rings. The predicted molar refractivity (Wildman–Crippen MR) is 116 cm³/mol. The zero-order valence-corrected chi connectivity index (χ0v) is 18.7. The normalized spacial score (nSPS) is 10.9. The van der Waals surface area contributed by atoms with E-state index in [4.69, 9.17) is 25.5 Å². The molecule has 1 unspecified atom stereocenters. The van der Waals surface area contributed by atoms with Crippen LogP contribution in [0.1, 0.15) is 110 Å². The lowest BCUT2D eigenvalue weighted by Gasteiger charge is -2.01. The third-order valence-corrected chi connectivity index (χ3v) is 4.06. The third-order valence-electron chi connectivity index (χ3n) is 4.06. The highest BCUT2D eigenvalue weighted by molar-refractivity contribution is 5.67. The lowest BCUT2D eigenvalue weighted by atomic mass is 10.1. The van der Waals surface area contributed by atoms with E-state index in [0.29, 0.717) is 19.4 Å². The minimum absolute atomic E-state index is 0.0628. The van der Waals surface area contributed by atoms with E-state index >= 15 is 0 Å². The average Bonchev–Trinajstić information content (AvgIpc) is 2.67. The van der Waals surface area contributed by atoms with Gasteiger partial charge in [-0.25, -0.2) is 0 Å². The van der Waals surface area contributed by atoms with Crippen molar-refractivity contribution in [3.05, 3.63) is 0 Å². The maximum Gasteiger partial charge on any atom is 0.303 e. The standard InChI is InChI=1S/C13H28O.C6H10O4.C3H8O2/c1-2-3-4-5-6-7-8-9-10-11-12-13-14;7-5(8)3-1-2-4-6(9)10;1-3(5)2-4/h14H,2-13H2,1H3;1-4H2,(H,7,8)(H,9,10);3-5H,2H2,1H3. The van der Waals surface area contributed by atoms with E-state index in [9.17, 15) is 9.59 Å². The summed E-state index contributed by atoms with van der Waals surface area (Å²) in [5, 5.41) is 40.9. The van der Waals surface area contributed by atoms with Crippen molar-refractivity contribution >= 4 is 11.9 Å². The first-order chi connectivity index (χ1) is 13.8. The first-order valence-corrected chi connectivity index (χ1v) is 11.1. The fraction of sp³-hybridized carbons (Fsp3) is 0.909. The number of unbranched alkanes of at least 4 members (excludes halogenated alkanes) is 11. The quantitative estimate of drug-likeness (QED) is 0.220. The Morgan fingerprint density at radius 2 is 0.966 bits per heavy atom. The summed E-state index contributed by atoms with van der Waals surface area (Å²) in [6.07, 6.45) is 15.2. The van der Waals surface area contributed by atoms with Crippen molar-refractivity contribution in [2.45, 2.75) is 116 Å². The molecule has 1 atom stereocenters. The highest BCUT2D eigenvalue weighted by Crippen LogP contribution is 2.10. The van der Waals surface area contributed by atoms with Crippen LogP contribution in [-0.2, 0) is 9.59 Å². The molecule has 0 aliphatic carbocycles. The maximum absolute atomic E-state index is 9.90. The van der Waals surface area contributed by atoms with Gasteiger partial charge < -0.3 is 25.5 Å². The Hall–Kier alpha value is -1.18. The summed E-state index contributed by atoms with van der Waals surface area (Å²) in [6.45, 7) is 4.03. The van der Waals surface area contributed by atoms with Crippen LogP contribution in [-0.4, -0.2) is 56.8 Å². The molecule has 7 heteroatoms. The molecule has 0 aliphatic rings.